The molecule has 5 heterocycles. The van der Waals surface area contributed by atoms with Crippen LogP contribution in [0.15, 0.2) is 142 Å². The number of esters is 6. The minimum absolute atomic E-state index is 0.00625. The van der Waals surface area contributed by atoms with Gasteiger partial charge >= 0.3 is 35.8 Å². The Hall–Kier alpha value is -9.55. The number of fused-ring (bicyclic) bond motifs is 10. The lowest BCUT2D eigenvalue weighted by Crippen LogP contribution is -2.82. The molecule has 506 valence electrons. The molecule has 23 nitrogen and oxygen atoms in total. The van der Waals surface area contributed by atoms with Gasteiger partial charge in [0.25, 0.3) is 11.5 Å². The SMILES string of the molecule is CC[C@]1(O)C(=O)OCc2c1cc1n(c2=O)Cc2c-1nc1ccccc1c2C=NCCCCCC(=O)O[C@H]1C[C@H]2OC[C@@]2(OC(C)=O)C2[C@H](OC(=O)c3ccccc3)[C@]3(O)C[C@H](OC(=O)[C@H](O)[C@@H](NC(=O)c4ccccc4)c4ccccc4)C(C)=C([C@@H](OC(C)=O)C(=O)[C@@]21C)C3(C)C. The summed E-state index contributed by atoms with van der Waals surface area (Å²) in [5.74, 6) is -8.84. The monoisotopic (exact) mass is 1320 g/mol. The highest BCUT2D eigenvalue weighted by molar-refractivity contribution is 6.03. The van der Waals surface area contributed by atoms with Crippen molar-refractivity contribution in [1.29, 1.82) is 0 Å². The van der Waals surface area contributed by atoms with E-state index in [0.717, 1.165) is 30.4 Å². The van der Waals surface area contributed by atoms with E-state index >= 15 is 4.79 Å². The summed E-state index contributed by atoms with van der Waals surface area (Å²) in [6, 6.07) is 31.8. The van der Waals surface area contributed by atoms with Crippen molar-refractivity contribution in [2.24, 2.45) is 21.7 Å². The van der Waals surface area contributed by atoms with Crippen LogP contribution in [0.25, 0.3) is 22.3 Å². The number of hydrogen-bond acceptors (Lipinski definition) is 21. The normalized spacial score (nSPS) is 27.2. The second kappa shape index (κ2) is 26.1. The first-order chi connectivity index (χ1) is 46.3. The number of ketones is 1. The number of aliphatic hydroxyl groups excluding tert-OH is 1. The van der Waals surface area contributed by atoms with Crippen LogP contribution in [0.4, 0.5) is 0 Å². The molecule has 1 saturated heterocycles. The zero-order valence-corrected chi connectivity index (χ0v) is 54.7. The molecular formula is C74H76N4O19. The van der Waals surface area contributed by atoms with Gasteiger partial charge in [-0.3, -0.25) is 33.8 Å². The fourth-order valence-electron chi connectivity index (χ4n) is 15.6. The molecule has 97 heavy (non-hydrogen) atoms. The predicted molar refractivity (Wildman–Crippen MR) is 347 cm³/mol. The number of benzene rings is 4. The van der Waals surface area contributed by atoms with Gasteiger partial charge < -0.3 is 58.4 Å². The molecule has 0 spiro atoms. The third kappa shape index (κ3) is 11.6. The first-order valence-corrected chi connectivity index (χ1v) is 32.6. The zero-order valence-electron chi connectivity index (χ0n) is 54.7. The number of carbonyl (C=O) groups is 8. The molecule has 2 saturated carbocycles. The summed E-state index contributed by atoms with van der Waals surface area (Å²) in [7, 11) is 0. The van der Waals surface area contributed by atoms with E-state index in [-0.39, 0.29) is 72.2 Å². The van der Waals surface area contributed by atoms with Crippen molar-refractivity contribution < 1.29 is 86.8 Å². The largest absolute Gasteiger partial charge is 0.461 e. The number of cyclic esters (lactones) is 1. The van der Waals surface area contributed by atoms with Crippen LogP contribution in [0.3, 0.4) is 0 Å². The smallest absolute Gasteiger partial charge is 0.343 e. The highest BCUT2D eigenvalue weighted by Crippen LogP contribution is 2.65. The van der Waals surface area contributed by atoms with Gasteiger partial charge in [-0.1, -0.05) is 112 Å². The molecular weight excluding hydrogens is 1250 g/mol. The van der Waals surface area contributed by atoms with E-state index in [4.69, 9.17) is 43.1 Å². The standard InChI is InChI=1S/C74H76N4O19/c1-8-72(89)50-33-52-59-48(37-78(52)66(85)49(50)38-91-69(72)88)47(46-29-20-21-30-51(46)76-59)36-75-32-22-12-19-31-56(81)95-54-34-55-73(39-92-55,97-42(4)80)62-64(96-67(86)45-27-17-11-18-28-45)74(90)35-53(40(2)57(70(74,5)6)61(93-41(3)79)63(83)71(54,62)7)94-68(87)60(82)58(43-23-13-9-14-24-43)77-65(84)44-25-15-10-16-26-44/h9-11,13-18,20-21,23-30,33,36,53-55,58,60-62,64,82,89-90H,8,12,19,22,31-32,34-35,37-39H2,1-7H3,(H,77,84)/t53-,54-,55+,58-,60+,61+,62?,64-,71+,72+,73-,74+/m0/s1. The van der Waals surface area contributed by atoms with Gasteiger partial charge in [-0.2, -0.15) is 0 Å². The van der Waals surface area contributed by atoms with E-state index < -0.39 is 142 Å². The molecule has 4 aromatic carbocycles. The fourth-order valence-corrected chi connectivity index (χ4v) is 15.6. The van der Waals surface area contributed by atoms with Gasteiger partial charge in [-0.05, 0) is 86.2 Å². The summed E-state index contributed by atoms with van der Waals surface area (Å²) in [4.78, 5) is 138. The van der Waals surface area contributed by atoms with Gasteiger partial charge in [0, 0.05) is 78.9 Å². The number of aromatic nitrogens is 2. The van der Waals surface area contributed by atoms with Crippen LogP contribution in [0.2, 0.25) is 0 Å². The summed E-state index contributed by atoms with van der Waals surface area (Å²) in [6.07, 6.45) is -8.31. The maximum absolute atomic E-state index is 16.5. The number of nitrogens with one attached hydrogen (secondary N) is 1. The molecule has 23 heteroatoms. The molecule has 12 rings (SSSR count). The second-order valence-corrected chi connectivity index (χ2v) is 26.6. The van der Waals surface area contributed by atoms with Gasteiger partial charge in [0.15, 0.2) is 29.2 Å². The van der Waals surface area contributed by atoms with Crippen molar-refractivity contribution in [2.45, 2.75) is 166 Å². The molecule has 1 amide bonds. The fraction of sp³-hybridized carbons (Fsp3) is 0.419. The number of amides is 1. The Balaban J connectivity index is 0.843. The van der Waals surface area contributed by atoms with Crippen molar-refractivity contribution in [3.05, 3.63) is 182 Å². The number of aliphatic hydroxyl groups is 3. The van der Waals surface area contributed by atoms with Crippen LogP contribution < -0.4 is 10.9 Å². The molecule has 3 aliphatic heterocycles. The quantitative estimate of drug-likeness (QED) is 0.0202. The third-order valence-electron chi connectivity index (χ3n) is 20.7. The average Bonchev–Trinajstić information content (AvgIpc) is 1.12. The summed E-state index contributed by atoms with van der Waals surface area (Å²) in [5.41, 5.74) is -6.72. The maximum atomic E-state index is 16.5. The van der Waals surface area contributed by atoms with Gasteiger partial charge in [0.1, 0.15) is 36.6 Å². The highest BCUT2D eigenvalue weighted by atomic mass is 16.6. The number of nitrogens with zero attached hydrogens (tertiary/aromatic N) is 3. The first-order valence-electron chi connectivity index (χ1n) is 32.6. The first kappa shape index (κ1) is 67.4. The molecule has 2 bridgehead atoms. The summed E-state index contributed by atoms with van der Waals surface area (Å²) in [5, 5.41) is 41.3. The summed E-state index contributed by atoms with van der Waals surface area (Å²) in [6.45, 7) is 9.71. The number of para-hydroxylation sites is 1. The lowest BCUT2D eigenvalue weighted by atomic mass is 9.44. The number of rotatable bonds is 19. The molecule has 3 aliphatic carbocycles. The number of carbonyl (C=O) groups excluding carboxylic acids is 8. The molecule has 12 atom stereocenters. The molecule has 3 fully saturated rings. The van der Waals surface area contributed by atoms with Gasteiger partial charge in [0.05, 0.1) is 58.6 Å². The van der Waals surface area contributed by atoms with E-state index in [9.17, 15) is 53.7 Å². The van der Waals surface area contributed by atoms with Crippen molar-refractivity contribution >= 4 is 64.6 Å². The third-order valence-corrected chi connectivity index (χ3v) is 20.7. The Labute approximate surface area is 558 Å². The predicted octanol–water partition coefficient (Wildman–Crippen LogP) is 7.36. The highest BCUT2D eigenvalue weighted by Gasteiger charge is 2.79. The average molecular weight is 1330 g/mol. The second-order valence-electron chi connectivity index (χ2n) is 26.6. The maximum Gasteiger partial charge on any atom is 0.343 e. The molecule has 6 aliphatic rings. The number of aliphatic imine (C=N–C) groups is 1. The number of ether oxygens (including phenoxy) is 7. The minimum atomic E-state index is -2.52. The van der Waals surface area contributed by atoms with E-state index in [0.29, 0.717) is 41.9 Å². The zero-order chi connectivity index (χ0) is 69.1. The van der Waals surface area contributed by atoms with Gasteiger partial charge in [-0.15, -0.1) is 0 Å². The summed E-state index contributed by atoms with van der Waals surface area (Å²) >= 11 is 0. The Morgan fingerprint density at radius 3 is 2.14 bits per heavy atom. The van der Waals surface area contributed by atoms with E-state index in [1.54, 1.807) is 116 Å². The molecule has 6 aromatic rings. The number of pyridine rings is 2. The number of hydrogen-bond donors (Lipinski definition) is 4. The van der Waals surface area contributed by atoms with Crippen molar-refractivity contribution in [1.82, 2.24) is 14.9 Å². The van der Waals surface area contributed by atoms with Gasteiger partial charge in [0.2, 0.25) is 0 Å². The van der Waals surface area contributed by atoms with E-state index in [1.807, 2.05) is 24.3 Å². The van der Waals surface area contributed by atoms with Crippen LogP contribution in [0.1, 0.15) is 148 Å². The summed E-state index contributed by atoms with van der Waals surface area (Å²) < 4.78 is 44.8. The molecule has 0 radical (unpaired) electrons. The Bertz CT molecular complexity index is 4300. The van der Waals surface area contributed by atoms with Crippen LogP contribution >= 0.6 is 0 Å². The minimum Gasteiger partial charge on any atom is -0.461 e. The molecule has 1 unspecified atom stereocenters. The van der Waals surface area contributed by atoms with Crippen molar-refractivity contribution in [2.75, 3.05) is 13.2 Å². The Morgan fingerprint density at radius 2 is 1.48 bits per heavy atom. The van der Waals surface area contributed by atoms with Crippen LogP contribution in [-0.2, 0) is 80.7 Å². The number of unbranched alkanes of at least 4 members (excludes halogenated alkanes) is 2. The Morgan fingerprint density at radius 1 is 0.814 bits per heavy atom. The van der Waals surface area contributed by atoms with Crippen LogP contribution in [-0.4, -0.2) is 140 Å². The Kier molecular flexibility index (Phi) is 18.2. The van der Waals surface area contributed by atoms with Crippen molar-refractivity contribution in [3.8, 4) is 11.4 Å². The lowest BCUT2D eigenvalue weighted by Gasteiger charge is -2.67. The lowest BCUT2D eigenvalue weighted by molar-refractivity contribution is -0.346. The topological polar surface area (TPSA) is 321 Å². The van der Waals surface area contributed by atoms with E-state index in [2.05, 4.69) is 5.32 Å². The van der Waals surface area contributed by atoms with E-state index in [1.165, 1.54) is 26.0 Å². The van der Waals surface area contributed by atoms with Crippen LogP contribution in [0.5, 0.6) is 0 Å². The number of Topliss-reactive ketones (excluding diaryl/α,β-unsaturated/α-hetero) is 1. The van der Waals surface area contributed by atoms with Gasteiger partial charge in [-0.25, -0.2) is 19.4 Å². The van der Waals surface area contributed by atoms with Crippen molar-refractivity contribution in [3.63, 3.8) is 0 Å². The molecule has 4 N–H and O–H groups in total. The molecule has 2 aromatic heterocycles. The van der Waals surface area contributed by atoms with Crippen LogP contribution in [0, 0.1) is 16.7 Å².